The number of guanidine groups is 1. The van der Waals surface area contributed by atoms with E-state index in [-0.39, 0.29) is 28.8 Å². The van der Waals surface area contributed by atoms with Gasteiger partial charge in [-0.05, 0) is 18.4 Å². The fourth-order valence-corrected chi connectivity index (χ4v) is 1.43. The van der Waals surface area contributed by atoms with E-state index in [1.807, 2.05) is 27.7 Å². The highest BCUT2D eigenvalue weighted by Gasteiger charge is 2.22. The summed E-state index contributed by atoms with van der Waals surface area (Å²) in [6.07, 6.45) is 1.69. The van der Waals surface area contributed by atoms with Crippen LogP contribution >= 0.6 is 0 Å². The maximum atomic E-state index is 11.0. The predicted molar refractivity (Wildman–Crippen MR) is 81.8 cm³/mol. The summed E-state index contributed by atoms with van der Waals surface area (Å²) in [5, 5.41) is 25.6. The first-order valence-electron chi connectivity index (χ1n) is 6.49. The summed E-state index contributed by atoms with van der Waals surface area (Å²) < 4.78 is 0. The first kappa shape index (κ1) is 16.4. The fourth-order valence-electron chi connectivity index (χ4n) is 1.43. The molecule has 1 atom stereocenters. The van der Waals surface area contributed by atoms with Gasteiger partial charge in [0.1, 0.15) is 5.69 Å². The number of aliphatic imine (C=N–C) groups is 1. The highest BCUT2D eigenvalue weighted by Crippen LogP contribution is 2.23. The largest absolute Gasteiger partial charge is 0.352 e. The molecule has 0 aliphatic heterocycles. The second-order valence-corrected chi connectivity index (χ2v) is 5.69. The van der Waals surface area contributed by atoms with Crippen molar-refractivity contribution >= 4 is 17.3 Å². The lowest BCUT2D eigenvalue weighted by molar-refractivity contribution is -0.383. The van der Waals surface area contributed by atoms with Crippen LogP contribution in [-0.2, 0) is 0 Å². The van der Waals surface area contributed by atoms with Crippen LogP contribution in [0.5, 0.6) is 0 Å². The van der Waals surface area contributed by atoms with Gasteiger partial charge in [0.15, 0.2) is 0 Å². The number of nitrogens with zero attached hydrogens (tertiary/aromatic N) is 3. The van der Waals surface area contributed by atoms with Gasteiger partial charge in [0.2, 0.25) is 12.2 Å². The molecule has 0 aliphatic carbocycles. The molecule has 0 aromatic heterocycles. The van der Waals surface area contributed by atoms with Crippen molar-refractivity contribution in [3.8, 4) is 6.19 Å². The molecule has 0 aliphatic rings. The molecule has 0 spiro atoms. The Morgan fingerprint density at radius 1 is 1.43 bits per heavy atom. The van der Waals surface area contributed by atoms with Gasteiger partial charge in [-0.25, -0.2) is 0 Å². The molecule has 0 radical (unpaired) electrons. The van der Waals surface area contributed by atoms with Crippen molar-refractivity contribution in [3.05, 3.63) is 34.4 Å². The number of nitro benzene ring substituents is 1. The second-order valence-electron chi connectivity index (χ2n) is 5.69. The van der Waals surface area contributed by atoms with E-state index in [2.05, 4.69) is 15.6 Å². The third-order valence-corrected chi connectivity index (χ3v) is 3.17. The normalized spacial score (nSPS) is 13.2. The Bertz CT molecular complexity index is 584. The average molecular weight is 289 g/mol. The minimum Gasteiger partial charge on any atom is -0.352 e. The number of benzene rings is 1. The van der Waals surface area contributed by atoms with Gasteiger partial charge in [0.05, 0.1) is 4.92 Å². The zero-order valence-corrected chi connectivity index (χ0v) is 12.5. The van der Waals surface area contributed by atoms with Gasteiger partial charge < -0.3 is 10.6 Å². The number of rotatable bonds is 3. The molecule has 0 bridgehead atoms. The van der Waals surface area contributed by atoms with Gasteiger partial charge in [-0.1, -0.05) is 32.9 Å². The van der Waals surface area contributed by atoms with Crippen molar-refractivity contribution in [1.29, 1.82) is 5.26 Å². The van der Waals surface area contributed by atoms with Crippen LogP contribution in [0.3, 0.4) is 0 Å². The summed E-state index contributed by atoms with van der Waals surface area (Å²) in [4.78, 5) is 14.1. The van der Waals surface area contributed by atoms with E-state index in [0.29, 0.717) is 0 Å². The minimum atomic E-state index is -0.487. The van der Waals surface area contributed by atoms with Crippen LogP contribution in [-0.4, -0.2) is 16.9 Å². The van der Waals surface area contributed by atoms with Crippen LogP contribution in [0.25, 0.3) is 0 Å². The van der Waals surface area contributed by atoms with Gasteiger partial charge >= 0.3 is 0 Å². The number of hydrogen-bond acceptors (Lipinski definition) is 4. The van der Waals surface area contributed by atoms with Crippen LogP contribution in [0.15, 0.2) is 29.3 Å². The molecule has 21 heavy (non-hydrogen) atoms. The summed E-state index contributed by atoms with van der Waals surface area (Å²) in [6, 6.07) is 6.22. The molecule has 1 unspecified atom stereocenters. The van der Waals surface area contributed by atoms with E-state index < -0.39 is 4.92 Å². The quantitative estimate of drug-likeness (QED) is 0.293. The molecule has 0 fully saturated rings. The zero-order chi connectivity index (χ0) is 16.0. The smallest absolute Gasteiger partial charge is 0.292 e. The molecule has 1 rings (SSSR count). The van der Waals surface area contributed by atoms with Crippen molar-refractivity contribution in [2.75, 3.05) is 5.32 Å². The third-order valence-electron chi connectivity index (χ3n) is 3.17. The highest BCUT2D eigenvalue weighted by molar-refractivity contribution is 5.96. The SMILES string of the molecule is CC(N/C(=N/C#N)Nc1ccccc1[N+](=O)[O-])C(C)(C)C. The lowest BCUT2D eigenvalue weighted by Crippen LogP contribution is -2.44. The number of anilines is 1. The van der Waals surface area contributed by atoms with Crippen LogP contribution in [0.2, 0.25) is 0 Å². The molecule has 112 valence electrons. The van der Waals surface area contributed by atoms with Crippen molar-refractivity contribution < 1.29 is 4.92 Å². The van der Waals surface area contributed by atoms with E-state index in [9.17, 15) is 10.1 Å². The van der Waals surface area contributed by atoms with E-state index in [4.69, 9.17) is 5.26 Å². The fraction of sp³-hybridized carbons (Fsp3) is 0.429. The van der Waals surface area contributed by atoms with Crippen LogP contribution in [0.4, 0.5) is 11.4 Å². The number of hydrogen-bond donors (Lipinski definition) is 2. The number of para-hydroxylation sites is 2. The monoisotopic (exact) mass is 289 g/mol. The molecule has 1 aromatic carbocycles. The Morgan fingerprint density at radius 3 is 2.57 bits per heavy atom. The average Bonchev–Trinajstić information content (AvgIpc) is 2.38. The number of nitrogens with one attached hydrogen (secondary N) is 2. The molecule has 0 saturated carbocycles. The lowest BCUT2D eigenvalue weighted by atomic mass is 9.88. The Kier molecular flexibility index (Phi) is 5.24. The maximum Gasteiger partial charge on any atom is 0.292 e. The van der Waals surface area contributed by atoms with Gasteiger partial charge in [0.25, 0.3) is 5.69 Å². The standard InChI is InChI=1S/C14H19N5O2/c1-10(14(2,3)4)17-13(16-9-15)18-11-7-5-6-8-12(11)19(20)21/h5-8,10H,1-4H3,(H2,16,17,18). The van der Waals surface area contributed by atoms with Gasteiger partial charge in [0, 0.05) is 12.1 Å². The van der Waals surface area contributed by atoms with E-state index in [0.717, 1.165) is 0 Å². The summed E-state index contributed by atoms with van der Waals surface area (Å²) in [6.45, 7) is 8.08. The van der Waals surface area contributed by atoms with Crippen molar-refractivity contribution in [3.63, 3.8) is 0 Å². The van der Waals surface area contributed by atoms with Gasteiger partial charge in [-0.15, -0.1) is 4.99 Å². The molecular formula is C14H19N5O2. The van der Waals surface area contributed by atoms with Crippen LogP contribution in [0, 0.1) is 27.0 Å². The molecular weight excluding hydrogens is 270 g/mol. The summed E-state index contributed by atoms with van der Waals surface area (Å²) >= 11 is 0. The molecule has 2 N–H and O–H groups in total. The van der Waals surface area contributed by atoms with Crippen molar-refractivity contribution in [2.45, 2.75) is 33.7 Å². The predicted octanol–water partition coefficient (Wildman–Crippen LogP) is 2.87. The summed E-state index contributed by atoms with van der Waals surface area (Å²) in [7, 11) is 0. The van der Waals surface area contributed by atoms with E-state index in [1.54, 1.807) is 24.4 Å². The summed E-state index contributed by atoms with van der Waals surface area (Å²) in [5.74, 6) is 0.189. The first-order chi connectivity index (χ1) is 9.75. The van der Waals surface area contributed by atoms with Crippen molar-refractivity contribution in [2.24, 2.45) is 10.4 Å². The minimum absolute atomic E-state index is 0.0138. The number of nitriles is 1. The molecule has 0 amide bonds. The number of nitro groups is 1. The highest BCUT2D eigenvalue weighted by atomic mass is 16.6. The Labute approximate surface area is 123 Å². The molecule has 0 heterocycles. The van der Waals surface area contributed by atoms with E-state index in [1.165, 1.54) is 6.07 Å². The molecule has 0 saturated heterocycles. The first-order valence-corrected chi connectivity index (χ1v) is 6.49. The molecule has 7 nitrogen and oxygen atoms in total. The molecule has 1 aromatic rings. The Hall–Kier alpha value is -2.62. The Balaban J connectivity index is 2.99. The zero-order valence-electron chi connectivity index (χ0n) is 12.5. The topological polar surface area (TPSA) is 103 Å². The van der Waals surface area contributed by atoms with Crippen LogP contribution < -0.4 is 10.6 Å². The van der Waals surface area contributed by atoms with Crippen LogP contribution in [0.1, 0.15) is 27.7 Å². The van der Waals surface area contributed by atoms with E-state index >= 15 is 0 Å². The third kappa shape index (κ3) is 4.76. The van der Waals surface area contributed by atoms with Gasteiger partial charge in [-0.2, -0.15) is 5.26 Å². The van der Waals surface area contributed by atoms with Crippen molar-refractivity contribution in [1.82, 2.24) is 5.32 Å². The summed E-state index contributed by atoms with van der Waals surface area (Å²) in [5.41, 5.74) is 0.152. The second kappa shape index (κ2) is 6.70. The Morgan fingerprint density at radius 2 is 2.05 bits per heavy atom. The lowest BCUT2D eigenvalue weighted by Gasteiger charge is -2.29. The maximum absolute atomic E-state index is 11.0. The van der Waals surface area contributed by atoms with Gasteiger partial charge in [-0.3, -0.25) is 10.1 Å². The molecule has 7 heteroatoms.